The largest absolute Gasteiger partial charge is 0.347 e. The van der Waals surface area contributed by atoms with Crippen molar-refractivity contribution in [2.75, 3.05) is 0 Å². The summed E-state index contributed by atoms with van der Waals surface area (Å²) in [5, 5.41) is 4.95. The molecule has 0 aliphatic rings. The predicted molar refractivity (Wildman–Crippen MR) is 79.1 cm³/mol. The van der Waals surface area contributed by atoms with Gasteiger partial charge in [-0.1, -0.05) is 17.7 Å². The Balaban J connectivity index is 2.03. The van der Waals surface area contributed by atoms with Gasteiger partial charge in [-0.25, -0.2) is 0 Å². The van der Waals surface area contributed by atoms with Crippen LogP contribution in [-0.2, 0) is 6.54 Å². The summed E-state index contributed by atoms with van der Waals surface area (Å²) in [4.78, 5) is 13.2. The van der Waals surface area contributed by atoms with Crippen LogP contribution in [-0.4, -0.2) is 5.91 Å². The smallest absolute Gasteiger partial charge is 0.251 e. The van der Waals surface area contributed by atoms with Crippen molar-refractivity contribution in [2.45, 2.75) is 20.4 Å². The van der Waals surface area contributed by atoms with Crippen molar-refractivity contribution in [3.05, 3.63) is 55.7 Å². The molecule has 0 saturated carbocycles. The van der Waals surface area contributed by atoms with Crippen LogP contribution in [0.15, 0.2) is 34.1 Å². The zero-order chi connectivity index (χ0) is 13.1. The quantitative estimate of drug-likeness (QED) is 0.906. The van der Waals surface area contributed by atoms with E-state index in [4.69, 9.17) is 0 Å². The molecule has 94 valence electrons. The van der Waals surface area contributed by atoms with E-state index < -0.39 is 0 Å². The summed E-state index contributed by atoms with van der Waals surface area (Å²) in [6.07, 6.45) is 0. The fraction of sp³-hybridized carbons (Fsp3) is 0.214. The molecule has 0 unspecified atom stereocenters. The third-order valence-electron chi connectivity index (χ3n) is 2.67. The second kappa shape index (κ2) is 5.67. The lowest BCUT2D eigenvalue weighted by atomic mass is 10.1. The highest BCUT2D eigenvalue weighted by Gasteiger charge is 2.08. The average molecular weight is 324 g/mol. The highest BCUT2D eigenvalue weighted by Crippen LogP contribution is 2.19. The molecule has 2 aromatic rings. The van der Waals surface area contributed by atoms with Gasteiger partial charge < -0.3 is 5.32 Å². The lowest BCUT2D eigenvalue weighted by molar-refractivity contribution is 0.0950. The maximum Gasteiger partial charge on any atom is 0.251 e. The van der Waals surface area contributed by atoms with E-state index in [-0.39, 0.29) is 5.91 Å². The predicted octanol–water partition coefficient (Wildman–Crippen LogP) is 4.06. The van der Waals surface area contributed by atoms with Gasteiger partial charge in [-0.2, -0.15) is 0 Å². The van der Waals surface area contributed by atoms with Crippen molar-refractivity contribution in [1.82, 2.24) is 5.32 Å². The van der Waals surface area contributed by atoms with E-state index in [1.165, 1.54) is 5.56 Å². The van der Waals surface area contributed by atoms with Gasteiger partial charge in [-0.3, -0.25) is 4.79 Å². The maximum absolute atomic E-state index is 12.0. The molecule has 0 saturated heterocycles. The monoisotopic (exact) mass is 323 g/mol. The van der Waals surface area contributed by atoms with E-state index in [0.29, 0.717) is 6.54 Å². The van der Waals surface area contributed by atoms with Crippen LogP contribution < -0.4 is 5.32 Å². The standard InChI is InChI=1S/C14H14BrNOS/c1-9-3-4-13(10(2)5-9)14(17)16-7-12-6-11(15)8-18-12/h3-6,8H,7H2,1-2H3,(H,16,17). The third-order valence-corrected chi connectivity index (χ3v) is 4.37. The molecule has 0 aliphatic carbocycles. The van der Waals surface area contributed by atoms with E-state index in [1.54, 1.807) is 11.3 Å². The SMILES string of the molecule is Cc1ccc(C(=O)NCc2cc(Br)cs2)c(C)c1. The molecule has 0 spiro atoms. The van der Waals surface area contributed by atoms with Crippen LogP contribution in [0.2, 0.25) is 0 Å². The first-order chi connectivity index (χ1) is 8.56. The number of thiophene rings is 1. The lowest BCUT2D eigenvalue weighted by Gasteiger charge is -2.07. The van der Waals surface area contributed by atoms with Crippen molar-refractivity contribution in [2.24, 2.45) is 0 Å². The number of hydrogen-bond donors (Lipinski definition) is 1. The van der Waals surface area contributed by atoms with Gasteiger partial charge in [0.1, 0.15) is 0 Å². The van der Waals surface area contributed by atoms with E-state index in [9.17, 15) is 4.79 Å². The Morgan fingerprint density at radius 2 is 2.11 bits per heavy atom. The molecule has 4 heteroatoms. The molecule has 1 aromatic carbocycles. The van der Waals surface area contributed by atoms with Crippen LogP contribution in [0.1, 0.15) is 26.4 Å². The fourth-order valence-corrected chi connectivity index (χ4v) is 3.17. The van der Waals surface area contributed by atoms with Crippen LogP contribution in [0.25, 0.3) is 0 Å². The zero-order valence-corrected chi connectivity index (χ0v) is 12.7. The molecule has 2 rings (SSSR count). The number of amides is 1. The average Bonchev–Trinajstić information content (AvgIpc) is 2.72. The first-order valence-electron chi connectivity index (χ1n) is 5.64. The minimum atomic E-state index is -0.0166. The fourth-order valence-electron chi connectivity index (χ4n) is 1.78. The second-order valence-corrected chi connectivity index (χ2v) is 6.14. The molecular formula is C14H14BrNOS. The minimum Gasteiger partial charge on any atom is -0.347 e. The van der Waals surface area contributed by atoms with Crippen LogP contribution in [0.5, 0.6) is 0 Å². The number of carbonyl (C=O) groups is 1. The summed E-state index contributed by atoms with van der Waals surface area (Å²) in [7, 11) is 0. The summed E-state index contributed by atoms with van der Waals surface area (Å²) in [5.74, 6) is -0.0166. The van der Waals surface area contributed by atoms with Gasteiger partial charge in [0.2, 0.25) is 0 Å². The lowest BCUT2D eigenvalue weighted by Crippen LogP contribution is -2.23. The Hall–Kier alpha value is -1.13. The van der Waals surface area contributed by atoms with E-state index in [2.05, 4.69) is 21.2 Å². The van der Waals surface area contributed by atoms with Crippen LogP contribution in [0.4, 0.5) is 0 Å². The van der Waals surface area contributed by atoms with Gasteiger partial charge in [0.25, 0.3) is 5.91 Å². The van der Waals surface area contributed by atoms with E-state index in [1.807, 2.05) is 43.5 Å². The number of carbonyl (C=O) groups excluding carboxylic acids is 1. The molecular weight excluding hydrogens is 310 g/mol. The third kappa shape index (κ3) is 3.21. The molecule has 0 aliphatic heterocycles. The molecule has 0 fully saturated rings. The van der Waals surface area contributed by atoms with Crippen molar-refractivity contribution < 1.29 is 4.79 Å². The Labute approximate surface area is 119 Å². The van der Waals surface area contributed by atoms with Crippen LogP contribution in [0, 0.1) is 13.8 Å². The molecule has 0 radical (unpaired) electrons. The van der Waals surface area contributed by atoms with Gasteiger partial charge in [0.05, 0.1) is 6.54 Å². The zero-order valence-electron chi connectivity index (χ0n) is 10.3. The summed E-state index contributed by atoms with van der Waals surface area (Å²) < 4.78 is 1.06. The summed E-state index contributed by atoms with van der Waals surface area (Å²) in [6.45, 7) is 4.56. The number of nitrogens with one attached hydrogen (secondary N) is 1. The Kier molecular flexibility index (Phi) is 4.19. The van der Waals surface area contributed by atoms with Crippen LogP contribution >= 0.6 is 27.3 Å². The number of hydrogen-bond acceptors (Lipinski definition) is 2. The van der Waals surface area contributed by atoms with Crippen LogP contribution in [0.3, 0.4) is 0 Å². The Morgan fingerprint density at radius 3 is 2.72 bits per heavy atom. The molecule has 0 bridgehead atoms. The van der Waals surface area contributed by atoms with Gasteiger partial charge in [-0.05, 0) is 47.5 Å². The van der Waals surface area contributed by atoms with Gasteiger partial charge in [-0.15, -0.1) is 11.3 Å². The maximum atomic E-state index is 12.0. The van der Waals surface area contributed by atoms with Crippen molar-refractivity contribution >= 4 is 33.2 Å². The molecule has 1 aromatic heterocycles. The first-order valence-corrected chi connectivity index (χ1v) is 7.32. The highest BCUT2D eigenvalue weighted by atomic mass is 79.9. The Morgan fingerprint density at radius 1 is 1.33 bits per heavy atom. The molecule has 18 heavy (non-hydrogen) atoms. The number of rotatable bonds is 3. The molecule has 1 amide bonds. The van der Waals surface area contributed by atoms with Crippen molar-refractivity contribution in [1.29, 1.82) is 0 Å². The normalized spacial score (nSPS) is 10.4. The van der Waals surface area contributed by atoms with Gasteiger partial charge in [0.15, 0.2) is 0 Å². The summed E-state index contributed by atoms with van der Waals surface area (Å²) in [6, 6.07) is 7.89. The first kappa shape index (κ1) is 13.3. The molecule has 1 N–H and O–H groups in total. The van der Waals surface area contributed by atoms with E-state index in [0.717, 1.165) is 20.5 Å². The number of aryl methyl sites for hydroxylation is 2. The minimum absolute atomic E-state index is 0.0166. The molecule has 2 nitrogen and oxygen atoms in total. The molecule has 0 atom stereocenters. The van der Waals surface area contributed by atoms with Gasteiger partial charge >= 0.3 is 0 Å². The van der Waals surface area contributed by atoms with Crippen molar-refractivity contribution in [3.63, 3.8) is 0 Å². The summed E-state index contributed by atoms with van der Waals surface area (Å²) >= 11 is 5.03. The second-order valence-electron chi connectivity index (χ2n) is 4.23. The topological polar surface area (TPSA) is 29.1 Å². The number of halogens is 1. The Bertz CT molecular complexity index is 577. The summed E-state index contributed by atoms with van der Waals surface area (Å²) in [5.41, 5.74) is 2.93. The highest BCUT2D eigenvalue weighted by molar-refractivity contribution is 9.10. The molecule has 1 heterocycles. The number of benzene rings is 1. The van der Waals surface area contributed by atoms with Crippen molar-refractivity contribution in [3.8, 4) is 0 Å². The van der Waals surface area contributed by atoms with E-state index >= 15 is 0 Å². The van der Waals surface area contributed by atoms with Gasteiger partial charge in [0, 0.05) is 20.3 Å².